The third-order valence-electron chi connectivity index (χ3n) is 1.56. The van der Waals surface area contributed by atoms with E-state index in [1.165, 1.54) is 0 Å². The summed E-state index contributed by atoms with van der Waals surface area (Å²) in [7, 11) is -1.01. The van der Waals surface area contributed by atoms with Gasteiger partial charge in [-0.1, -0.05) is 0 Å². The van der Waals surface area contributed by atoms with Crippen LogP contribution in [0.3, 0.4) is 0 Å². The number of halogens is 8. The van der Waals surface area contributed by atoms with Gasteiger partial charge in [0.2, 0.25) is 0 Å². The average molecular weight is 293 g/mol. The molecule has 0 aromatic carbocycles. The molecule has 0 radical (unpaired) electrons. The van der Waals surface area contributed by atoms with Crippen molar-refractivity contribution < 1.29 is 35.5 Å². The minimum absolute atomic E-state index is 0.131. The highest BCUT2D eigenvalue weighted by atomic mass is 35.6. The predicted octanol–water partition coefficient (Wildman–Crippen LogP) is 2.92. The van der Waals surface area contributed by atoms with Crippen molar-refractivity contribution in [2.45, 2.75) is 30.7 Å². The monoisotopic (exact) mass is 292 g/mol. The van der Waals surface area contributed by atoms with Gasteiger partial charge in [-0.15, -0.1) is 0 Å². The topological polar surface area (TPSA) is 9.23 Å². The lowest BCUT2D eigenvalue weighted by Gasteiger charge is -2.29. The van der Waals surface area contributed by atoms with E-state index in [9.17, 15) is 30.7 Å². The standard InChI is InChI=1S/C6H8ClF7OSi/c7-16-3-1-2-15-4(8,5(9,10)11)6(12,13)14/h1-3,16H2. The van der Waals surface area contributed by atoms with Crippen LogP contribution in [-0.4, -0.2) is 33.6 Å². The fraction of sp³-hybridized carbons (Fsp3) is 1.00. The van der Waals surface area contributed by atoms with E-state index in [1.807, 2.05) is 0 Å². The molecule has 0 unspecified atom stereocenters. The Hall–Kier alpha value is -0.0231. The van der Waals surface area contributed by atoms with Gasteiger partial charge < -0.3 is 4.74 Å². The lowest BCUT2D eigenvalue weighted by Crippen LogP contribution is -2.55. The quantitative estimate of drug-likeness (QED) is 0.328. The van der Waals surface area contributed by atoms with Gasteiger partial charge in [0.05, 0.1) is 6.61 Å². The summed E-state index contributed by atoms with van der Waals surface area (Å²) in [5.41, 5.74) is 0. The van der Waals surface area contributed by atoms with Crippen molar-refractivity contribution >= 4 is 19.9 Å². The first-order valence-electron chi connectivity index (χ1n) is 4.08. The second-order valence-electron chi connectivity index (χ2n) is 2.84. The molecule has 0 aliphatic rings. The third-order valence-corrected chi connectivity index (χ3v) is 3.13. The maximum Gasteiger partial charge on any atom is 0.458 e. The fourth-order valence-electron chi connectivity index (χ4n) is 0.734. The van der Waals surface area contributed by atoms with E-state index < -0.39 is 33.6 Å². The molecule has 0 aromatic rings. The molecule has 0 fully saturated rings. The highest BCUT2D eigenvalue weighted by Gasteiger charge is 2.74. The molecule has 0 spiro atoms. The van der Waals surface area contributed by atoms with Crippen LogP contribution in [0.1, 0.15) is 6.42 Å². The molecule has 98 valence electrons. The van der Waals surface area contributed by atoms with Gasteiger partial charge in [-0.25, -0.2) is 0 Å². The van der Waals surface area contributed by atoms with E-state index >= 15 is 0 Å². The Balaban J connectivity index is 4.59. The van der Waals surface area contributed by atoms with E-state index in [0.717, 1.165) is 0 Å². The number of ether oxygens (including phenoxy) is 1. The predicted molar refractivity (Wildman–Crippen MR) is 45.7 cm³/mol. The van der Waals surface area contributed by atoms with Crippen LogP contribution in [0.25, 0.3) is 0 Å². The SMILES string of the molecule is FC(F)(F)C(F)(OCCC[SiH2]Cl)C(F)(F)F. The van der Waals surface area contributed by atoms with Crippen molar-refractivity contribution in [3.63, 3.8) is 0 Å². The molecular formula is C6H8ClF7OSi. The van der Waals surface area contributed by atoms with E-state index in [2.05, 4.69) is 4.74 Å². The van der Waals surface area contributed by atoms with Gasteiger partial charge in [0.1, 0.15) is 8.83 Å². The van der Waals surface area contributed by atoms with Gasteiger partial charge >= 0.3 is 18.2 Å². The van der Waals surface area contributed by atoms with E-state index in [1.54, 1.807) is 0 Å². The largest absolute Gasteiger partial charge is 0.458 e. The van der Waals surface area contributed by atoms with Crippen molar-refractivity contribution in [2.75, 3.05) is 6.61 Å². The second-order valence-corrected chi connectivity index (χ2v) is 5.05. The lowest BCUT2D eigenvalue weighted by molar-refractivity contribution is -0.429. The fourth-order valence-corrected chi connectivity index (χ4v) is 1.69. The number of hydrogen-bond acceptors (Lipinski definition) is 1. The summed E-state index contributed by atoms with van der Waals surface area (Å²) in [6, 6.07) is 0.271. The normalized spacial score (nSPS) is 15.0. The summed E-state index contributed by atoms with van der Waals surface area (Å²) in [5, 5.41) is 0. The molecule has 0 aromatic heterocycles. The molecule has 0 bridgehead atoms. The van der Waals surface area contributed by atoms with Crippen LogP contribution >= 0.6 is 11.1 Å². The highest BCUT2D eigenvalue weighted by molar-refractivity contribution is 6.93. The highest BCUT2D eigenvalue weighted by Crippen LogP contribution is 2.46. The molecule has 0 atom stereocenters. The minimum Gasteiger partial charge on any atom is -0.332 e. The molecule has 0 saturated heterocycles. The molecule has 1 nitrogen and oxygen atoms in total. The summed E-state index contributed by atoms with van der Waals surface area (Å²) in [5.74, 6) is -5.60. The van der Waals surface area contributed by atoms with Gasteiger partial charge in [0.25, 0.3) is 0 Å². The number of rotatable bonds is 5. The molecule has 16 heavy (non-hydrogen) atoms. The van der Waals surface area contributed by atoms with Gasteiger partial charge in [-0.05, 0) is 12.5 Å². The summed E-state index contributed by atoms with van der Waals surface area (Å²) in [4.78, 5) is 0. The van der Waals surface area contributed by atoms with Gasteiger partial charge in [0.15, 0.2) is 0 Å². The Morgan fingerprint density at radius 2 is 1.38 bits per heavy atom. The number of alkyl halides is 7. The van der Waals surface area contributed by atoms with Crippen molar-refractivity contribution in [2.24, 2.45) is 0 Å². The Morgan fingerprint density at radius 3 is 1.69 bits per heavy atom. The van der Waals surface area contributed by atoms with Crippen LogP contribution in [0.2, 0.25) is 6.04 Å². The zero-order valence-electron chi connectivity index (χ0n) is 7.76. The summed E-state index contributed by atoms with van der Waals surface area (Å²) in [6.07, 6.45) is -12.4. The van der Waals surface area contributed by atoms with Gasteiger partial charge in [-0.3, -0.25) is 0 Å². The zero-order chi connectivity index (χ0) is 13.0. The van der Waals surface area contributed by atoms with Crippen molar-refractivity contribution in [3.8, 4) is 0 Å². The molecular weight excluding hydrogens is 285 g/mol. The third kappa shape index (κ3) is 3.77. The number of hydrogen-bond donors (Lipinski definition) is 0. The second kappa shape index (κ2) is 5.54. The first-order chi connectivity index (χ1) is 7.06. The van der Waals surface area contributed by atoms with Crippen LogP contribution in [0.15, 0.2) is 0 Å². The molecule has 0 heterocycles. The zero-order valence-corrected chi connectivity index (χ0v) is 9.93. The van der Waals surface area contributed by atoms with Crippen molar-refractivity contribution in [3.05, 3.63) is 0 Å². The summed E-state index contributed by atoms with van der Waals surface area (Å²) >= 11 is 5.28. The first-order valence-corrected chi connectivity index (χ1v) is 7.22. The maximum absolute atomic E-state index is 12.7. The molecule has 0 rings (SSSR count). The molecule has 0 saturated carbocycles. The Kier molecular flexibility index (Phi) is 5.53. The van der Waals surface area contributed by atoms with Crippen molar-refractivity contribution in [1.29, 1.82) is 0 Å². The Bertz CT molecular complexity index is 202. The van der Waals surface area contributed by atoms with E-state index in [0.29, 0.717) is 0 Å². The first kappa shape index (κ1) is 16.0. The van der Waals surface area contributed by atoms with Crippen LogP contribution in [-0.2, 0) is 4.74 Å². The van der Waals surface area contributed by atoms with E-state index in [-0.39, 0.29) is 12.5 Å². The lowest BCUT2D eigenvalue weighted by atomic mass is 10.3. The van der Waals surface area contributed by atoms with Crippen molar-refractivity contribution in [1.82, 2.24) is 0 Å². The van der Waals surface area contributed by atoms with Crippen LogP contribution < -0.4 is 0 Å². The van der Waals surface area contributed by atoms with Gasteiger partial charge in [0, 0.05) is 0 Å². The minimum atomic E-state index is -6.15. The summed E-state index contributed by atoms with van der Waals surface area (Å²) in [6.45, 7) is -0.977. The summed E-state index contributed by atoms with van der Waals surface area (Å²) < 4.78 is 87.3. The molecule has 0 N–H and O–H groups in total. The Labute approximate surface area is 93.4 Å². The van der Waals surface area contributed by atoms with Crippen LogP contribution in [0.4, 0.5) is 30.7 Å². The average Bonchev–Trinajstić information content (AvgIpc) is 2.08. The maximum atomic E-state index is 12.7. The van der Waals surface area contributed by atoms with Gasteiger partial charge in [-0.2, -0.15) is 41.8 Å². The molecule has 0 amide bonds. The van der Waals surface area contributed by atoms with Crippen LogP contribution in [0, 0.1) is 0 Å². The molecule has 0 aliphatic carbocycles. The Morgan fingerprint density at radius 1 is 0.938 bits per heavy atom. The van der Waals surface area contributed by atoms with E-state index in [4.69, 9.17) is 11.1 Å². The molecule has 10 heteroatoms. The van der Waals surface area contributed by atoms with Crippen LogP contribution in [0.5, 0.6) is 0 Å². The molecule has 0 aliphatic heterocycles. The smallest absolute Gasteiger partial charge is 0.332 e.